The van der Waals surface area contributed by atoms with Crippen LogP contribution in [0.1, 0.15) is 10.4 Å². The van der Waals surface area contributed by atoms with Gasteiger partial charge >= 0.3 is 0 Å². The molecule has 0 saturated carbocycles. The molecule has 2 aromatic rings. The first kappa shape index (κ1) is 17.6. The molecule has 142 valence electrons. The lowest BCUT2D eigenvalue weighted by Gasteiger charge is -2.36. The molecule has 1 amide bonds. The van der Waals surface area contributed by atoms with E-state index in [1.54, 1.807) is 11.2 Å². The first-order valence-corrected chi connectivity index (χ1v) is 9.01. The third-order valence-corrected chi connectivity index (χ3v) is 4.87. The van der Waals surface area contributed by atoms with Crippen molar-refractivity contribution in [1.29, 1.82) is 0 Å². The first-order chi connectivity index (χ1) is 13.2. The lowest BCUT2D eigenvalue weighted by Crippen LogP contribution is -2.49. The van der Waals surface area contributed by atoms with Crippen LogP contribution >= 0.6 is 0 Å². The molecule has 2 aliphatic rings. The van der Waals surface area contributed by atoms with Crippen molar-refractivity contribution in [3.63, 3.8) is 0 Å². The van der Waals surface area contributed by atoms with E-state index in [0.29, 0.717) is 39.4 Å². The highest BCUT2D eigenvalue weighted by atomic mass is 19.1. The van der Waals surface area contributed by atoms with Gasteiger partial charge in [0, 0.05) is 51.5 Å². The van der Waals surface area contributed by atoms with Crippen LogP contribution in [0.3, 0.4) is 0 Å². The van der Waals surface area contributed by atoms with E-state index in [2.05, 4.69) is 24.8 Å². The normalized spacial score (nSPS) is 17.9. The predicted molar refractivity (Wildman–Crippen MR) is 97.4 cm³/mol. The van der Waals surface area contributed by atoms with Gasteiger partial charge in [-0.15, -0.1) is 0 Å². The smallest absolute Gasteiger partial charge is 0.257 e. The van der Waals surface area contributed by atoms with Crippen LogP contribution in [-0.2, 0) is 4.74 Å². The van der Waals surface area contributed by atoms with Gasteiger partial charge in [-0.3, -0.25) is 9.78 Å². The number of carbonyl (C=O) groups is 1. The number of carbonyl (C=O) groups excluding carboxylic acids is 1. The minimum Gasteiger partial charge on any atom is -0.378 e. The highest BCUT2D eigenvalue weighted by Crippen LogP contribution is 2.20. The summed E-state index contributed by atoms with van der Waals surface area (Å²) in [4.78, 5) is 30.9. The summed E-state index contributed by atoms with van der Waals surface area (Å²) in [5, 5.41) is 0. The minimum absolute atomic E-state index is 0.0649. The first-order valence-electron chi connectivity index (χ1n) is 9.01. The number of ether oxygens (including phenoxy) is 1. The monoisotopic (exact) mass is 372 g/mol. The highest BCUT2D eigenvalue weighted by Gasteiger charge is 2.25. The van der Waals surface area contributed by atoms with Gasteiger partial charge in [-0.25, -0.2) is 14.4 Å². The zero-order chi connectivity index (χ0) is 18.6. The van der Waals surface area contributed by atoms with E-state index in [9.17, 15) is 9.18 Å². The standard InChI is InChI=1S/C18H21FN6O2/c19-15-12-20-2-1-14(15)18(26)25-5-3-23(4-6-25)16-11-17(22-13-21-16)24-7-9-27-10-8-24/h1-2,11-13H,3-10H2. The Balaban J connectivity index is 1.40. The Morgan fingerprint density at radius 3 is 2.33 bits per heavy atom. The number of halogens is 1. The second kappa shape index (κ2) is 7.83. The summed E-state index contributed by atoms with van der Waals surface area (Å²) in [6.07, 6.45) is 4.07. The number of hydrogen-bond acceptors (Lipinski definition) is 7. The predicted octanol–water partition coefficient (Wildman–Crippen LogP) is 0.810. The van der Waals surface area contributed by atoms with Crippen molar-refractivity contribution in [1.82, 2.24) is 19.9 Å². The van der Waals surface area contributed by atoms with Crippen molar-refractivity contribution >= 4 is 17.5 Å². The second-order valence-electron chi connectivity index (χ2n) is 6.47. The number of aromatic nitrogens is 3. The molecule has 0 radical (unpaired) electrons. The maximum Gasteiger partial charge on any atom is 0.257 e. The SMILES string of the molecule is O=C(c1ccncc1F)N1CCN(c2cc(N3CCOCC3)ncn2)CC1. The third kappa shape index (κ3) is 3.82. The van der Waals surface area contributed by atoms with Gasteiger partial charge in [0.15, 0.2) is 5.82 Å². The molecule has 27 heavy (non-hydrogen) atoms. The molecular weight excluding hydrogens is 351 g/mol. The molecule has 0 bridgehead atoms. The van der Waals surface area contributed by atoms with E-state index in [0.717, 1.165) is 30.9 Å². The number of nitrogens with zero attached hydrogens (tertiary/aromatic N) is 6. The number of amides is 1. The molecule has 8 nitrogen and oxygen atoms in total. The Morgan fingerprint density at radius 2 is 1.67 bits per heavy atom. The lowest BCUT2D eigenvalue weighted by molar-refractivity contribution is 0.0741. The Bertz CT molecular complexity index is 806. The zero-order valence-electron chi connectivity index (χ0n) is 14.9. The molecule has 0 N–H and O–H groups in total. The average Bonchev–Trinajstić information content (AvgIpc) is 2.74. The van der Waals surface area contributed by atoms with Gasteiger partial charge in [-0.05, 0) is 6.07 Å². The average molecular weight is 372 g/mol. The maximum atomic E-state index is 13.8. The molecule has 4 heterocycles. The fraction of sp³-hybridized carbons (Fsp3) is 0.444. The lowest BCUT2D eigenvalue weighted by atomic mass is 10.2. The van der Waals surface area contributed by atoms with Crippen molar-refractivity contribution in [3.05, 3.63) is 42.2 Å². The highest BCUT2D eigenvalue weighted by molar-refractivity contribution is 5.94. The molecule has 2 saturated heterocycles. The molecule has 2 aromatic heterocycles. The Labute approximate surface area is 156 Å². The van der Waals surface area contributed by atoms with Gasteiger partial charge in [0.1, 0.15) is 18.0 Å². The van der Waals surface area contributed by atoms with Gasteiger partial charge in [-0.1, -0.05) is 0 Å². The van der Waals surface area contributed by atoms with Crippen LogP contribution in [0, 0.1) is 5.82 Å². The number of pyridine rings is 1. The van der Waals surface area contributed by atoms with E-state index >= 15 is 0 Å². The molecule has 2 aliphatic heterocycles. The molecule has 9 heteroatoms. The van der Waals surface area contributed by atoms with Gasteiger partial charge in [-0.2, -0.15) is 0 Å². The quantitative estimate of drug-likeness (QED) is 0.789. The van der Waals surface area contributed by atoms with E-state index < -0.39 is 5.82 Å². The molecular formula is C18H21FN6O2. The Hall–Kier alpha value is -2.81. The molecule has 0 atom stereocenters. The summed E-state index contributed by atoms with van der Waals surface area (Å²) in [6.45, 7) is 5.33. The fourth-order valence-corrected chi connectivity index (χ4v) is 3.33. The van der Waals surface area contributed by atoms with Crippen molar-refractivity contribution in [2.24, 2.45) is 0 Å². The summed E-state index contributed by atoms with van der Waals surface area (Å²) in [5.41, 5.74) is 0.0649. The fourth-order valence-electron chi connectivity index (χ4n) is 3.33. The van der Waals surface area contributed by atoms with Gasteiger partial charge in [0.2, 0.25) is 0 Å². The molecule has 0 aliphatic carbocycles. The zero-order valence-corrected chi connectivity index (χ0v) is 14.9. The summed E-state index contributed by atoms with van der Waals surface area (Å²) in [6, 6.07) is 3.40. The van der Waals surface area contributed by atoms with Crippen LogP contribution < -0.4 is 9.80 Å². The van der Waals surface area contributed by atoms with Crippen LogP contribution in [0.15, 0.2) is 30.9 Å². The van der Waals surface area contributed by atoms with Crippen LogP contribution in [0.2, 0.25) is 0 Å². The third-order valence-electron chi connectivity index (χ3n) is 4.87. The molecule has 0 aromatic carbocycles. The Kier molecular flexibility index (Phi) is 5.10. The number of anilines is 2. The van der Waals surface area contributed by atoms with Crippen LogP contribution in [0.5, 0.6) is 0 Å². The number of morpholine rings is 1. The largest absolute Gasteiger partial charge is 0.378 e. The summed E-state index contributed by atoms with van der Waals surface area (Å²) in [7, 11) is 0. The maximum absolute atomic E-state index is 13.8. The van der Waals surface area contributed by atoms with E-state index in [1.165, 1.54) is 12.3 Å². The minimum atomic E-state index is -0.587. The van der Waals surface area contributed by atoms with Gasteiger partial charge < -0.3 is 19.4 Å². The van der Waals surface area contributed by atoms with Crippen LogP contribution in [0.4, 0.5) is 16.0 Å². The van der Waals surface area contributed by atoms with Gasteiger partial charge in [0.25, 0.3) is 5.91 Å². The van der Waals surface area contributed by atoms with Crippen molar-refractivity contribution < 1.29 is 13.9 Å². The molecule has 4 rings (SSSR count). The molecule has 0 unspecified atom stereocenters. The summed E-state index contributed by atoms with van der Waals surface area (Å²) in [5.74, 6) is 0.844. The van der Waals surface area contributed by atoms with Crippen molar-refractivity contribution in [2.45, 2.75) is 0 Å². The number of rotatable bonds is 3. The molecule has 2 fully saturated rings. The summed E-state index contributed by atoms with van der Waals surface area (Å²) >= 11 is 0. The molecule has 0 spiro atoms. The Morgan fingerprint density at radius 1 is 1.00 bits per heavy atom. The second-order valence-corrected chi connectivity index (χ2v) is 6.47. The van der Waals surface area contributed by atoms with Crippen LogP contribution in [0.25, 0.3) is 0 Å². The van der Waals surface area contributed by atoms with E-state index in [-0.39, 0.29) is 11.5 Å². The van der Waals surface area contributed by atoms with Crippen molar-refractivity contribution in [3.8, 4) is 0 Å². The number of hydrogen-bond donors (Lipinski definition) is 0. The van der Waals surface area contributed by atoms with Gasteiger partial charge in [0.05, 0.1) is 25.0 Å². The van der Waals surface area contributed by atoms with Crippen molar-refractivity contribution in [2.75, 3.05) is 62.3 Å². The van der Waals surface area contributed by atoms with Crippen LogP contribution in [-0.4, -0.2) is 78.2 Å². The van der Waals surface area contributed by atoms with E-state index in [1.807, 2.05) is 6.07 Å². The summed E-state index contributed by atoms with van der Waals surface area (Å²) < 4.78 is 19.2. The number of piperazine rings is 1. The van der Waals surface area contributed by atoms with E-state index in [4.69, 9.17) is 4.74 Å². The topological polar surface area (TPSA) is 74.7 Å².